The molecule has 0 aromatic carbocycles. The number of epoxide rings is 1. The van der Waals surface area contributed by atoms with Crippen molar-refractivity contribution in [1.29, 1.82) is 0 Å². The average Bonchev–Trinajstić information content (AvgIpc) is 2.95. The molecule has 3 atom stereocenters. The van der Waals surface area contributed by atoms with Crippen molar-refractivity contribution >= 4 is 0 Å². The first-order valence-electron chi connectivity index (χ1n) is 6.79. The zero-order valence-corrected chi connectivity index (χ0v) is 10.6. The van der Waals surface area contributed by atoms with Gasteiger partial charge in [-0.2, -0.15) is 0 Å². The quantitative estimate of drug-likeness (QED) is 0.490. The van der Waals surface area contributed by atoms with Gasteiger partial charge in [-0.05, 0) is 37.0 Å². The molecule has 1 heteroatoms. The van der Waals surface area contributed by atoms with E-state index in [-0.39, 0.29) is 0 Å². The highest BCUT2D eigenvalue weighted by atomic mass is 16.6. The molecule has 1 saturated heterocycles. The molecule has 1 heterocycles. The largest absolute Gasteiger partial charge is 0.370 e. The predicted molar refractivity (Wildman–Crippen MR) is 63.9 cm³/mol. The standard InChI is InChI=1S/C14H26O/c1-4-5-6-9-14(2,3)11-7-8-12-13(10-11)15-12/h11-13H,4-10H2,1-3H3. The first-order chi connectivity index (χ1) is 7.13. The van der Waals surface area contributed by atoms with Crippen LogP contribution >= 0.6 is 0 Å². The smallest absolute Gasteiger partial charge is 0.0844 e. The molecule has 2 aliphatic rings. The van der Waals surface area contributed by atoms with Crippen molar-refractivity contribution in [3.8, 4) is 0 Å². The second-order valence-corrected chi connectivity index (χ2v) is 6.17. The van der Waals surface area contributed by atoms with E-state index in [9.17, 15) is 0 Å². The molecule has 0 N–H and O–H groups in total. The third kappa shape index (κ3) is 2.75. The zero-order valence-electron chi connectivity index (χ0n) is 10.6. The summed E-state index contributed by atoms with van der Waals surface area (Å²) in [5.74, 6) is 0.915. The van der Waals surface area contributed by atoms with Crippen LogP contribution in [-0.2, 0) is 4.74 Å². The van der Waals surface area contributed by atoms with Crippen LogP contribution in [0.1, 0.15) is 65.7 Å². The Kier molecular flexibility index (Phi) is 3.39. The Morgan fingerprint density at radius 1 is 1.13 bits per heavy atom. The molecule has 1 aliphatic heterocycles. The van der Waals surface area contributed by atoms with E-state index in [1.807, 2.05) is 0 Å². The van der Waals surface area contributed by atoms with Crippen molar-refractivity contribution in [2.45, 2.75) is 77.9 Å². The number of hydrogen-bond acceptors (Lipinski definition) is 1. The monoisotopic (exact) mass is 210 g/mol. The van der Waals surface area contributed by atoms with Gasteiger partial charge in [-0.1, -0.05) is 40.0 Å². The van der Waals surface area contributed by atoms with Gasteiger partial charge in [0.1, 0.15) is 0 Å². The Balaban J connectivity index is 1.78. The van der Waals surface area contributed by atoms with Gasteiger partial charge in [0.15, 0.2) is 0 Å². The minimum Gasteiger partial charge on any atom is -0.370 e. The first-order valence-corrected chi connectivity index (χ1v) is 6.79. The van der Waals surface area contributed by atoms with Gasteiger partial charge >= 0.3 is 0 Å². The number of hydrogen-bond donors (Lipinski definition) is 0. The summed E-state index contributed by atoms with van der Waals surface area (Å²) in [4.78, 5) is 0. The van der Waals surface area contributed by atoms with E-state index < -0.39 is 0 Å². The molecule has 1 aliphatic carbocycles. The van der Waals surface area contributed by atoms with Crippen LogP contribution in [0, 0.1) is 11.3 Å². The van der Waals surface area contributed by atoms with Crippen LogP contribution in [0.2, 0.25) is 0 Å². The molecule has 2 rings (SSSR count). The maximum Gasteiger partial charge on any atom is 0.0844 e. The van der Waals surface area contributed by atoms with Crippen molar-refractivity contribution in [3.63, 3.8) is 0 Å². The molecule has 15 heavy (non-hydrogen) atoms. The summed E-state index contributed by atoms with van der Waals surface area (Å²) in [6, 6.07) is 0. The van der Waals surface area contributed by atoms with Crippen LogP contribution in [0.3, 0.4) is 0 Å². The molecule has 1 saturated carbocycles. The van der Waals surface area contributed by atoms with Gasteiger partial charge in [0, 0.05) is 0 Å². The summed E-state index contributed by atoms with van der Waals surface area (Å²) < 4.78 is 5.63. The predicted octanol–water partition coefficient (Wildman–Crippen LogP) is 4.16. The summed E-state index contributed by atoms with van der Waals surface area (Å²) in [5.41, 5.74) is 0.548. The van der Waals surface area contributed by atoms with E-state index in [1.54, 1.807) is 0 Å². The highest BCUT2D eigenvalue weighted by molar-refractivity contribution is 4.95. The summed E-state index contributed by atoms with van der Waals surface area (Å²) in [6.45, 7) is 7.22. The van der Waals surface area contributed by atoms with E-state index in [0.29, 0.717) is 17.6 Å². The van der Waals surface area contributed by atoms with E-state index in [2.05, 4.69) is 20.8 Å². The Morgan fingerprint density at radius 3 is 2.60 bits per heavy atom. The summed E-state index contributed by atoms with van der Waals surface area (Å²) in [7, 11) is 0. The van der Waals surface area contributed by atoms with Crippen LogP contribution < -0.4 is 0 Å². The van der Waals surface area contributed by atoms with Gasteiger partial charge in [-0.25, -0.2) is 0 Å². The Morgan fingerprint density at radius 2 is 1.93 bits per heavy atom. The van der Waals surface area contributed by atoms with Crippen LogP contribution in [0.4, 0.5) is 0 Å². The van der Waals surface area contributed by atoms with Crippen molar-refractivity contribution in [2.24, 2.45) is 11.3 Å². The van der Waals surface area contributed by atoms with Crippen molar-refractivity contribution in [2.75, 3.05) is 0 Å². The molecule has 2 fully saturated rings. The summed E-state index contributed by atoms with van der Waals surface area (Å²) in [5, 5.41) is 0. The highest BCUT2D eigenvalue weighted by Crippen LogP contribution is 2.47. The van der Waals surface area contributed by atoms with Crippen LogP contribution in [0.25, 0.3) is 0 Å². The van der Waals surface area contributed by atoms with Gasteiger partial charge in [0.05, 0.1) is 12.2 Å². The van der Waals surface area contributed by atoms with Gasteiger partial charge in [0.25, 0.3) is 0 Å². The van der Waals surface area contributed by atoms with Crippen molar-refractivity contribution in [1.82, 2.24) is 0 Å². The van der Waals surface area contributed by atoms with Gasteiger partial charge in [-0.15, -0.1) is 0 Å². The lowest BCUT2D eigenvalue weighted by atomic mass is 9.69. The molecular weight excluding hydrogens is 184 g/mol. The maximum atomic E-state index is 5.63. The number of rotatable bonds is 5. The molecular formula is C14H26O. The topological polar surface area (TPSA) is 12.5 Å². The van der Waals surface area contributed by atoms with Crippen molar-refractivity contribution in [3.05, 3.63) is 0 Å². The third-order valence-corrected chi connectivity index (χ3v) is 4.53. The lowest BCUT2D eigenvalue weighted by Crippen LogP contribution is -2.28. The number of unbranched alkanes of at least 4 members (excludes halogenated alkanes) is 2. The SMILES string of the molecule is CCCCCC(C)(C)C1CCC2OC2C1. The lowest BCUT2D eigenvalue weighted by Gasteiger charge is -2.36. The molecule has 0 amide bonds. The molecule has 0 radical (unpaired) electrons. The fraction of sp³-hybridized carbons (Fsp3) is 1.00. The molecule has 88 valence electrons. The highest BCUT2D eigenvalue weighted by Gasteiger charge is 2.47. The zero-order chi connectivity index (χ0) is 10.9. The number of fused-ring (bicyclic) bond motifs is 1. The molecule has 0 bridgehead atoms. The first kappa shape index (κ1) is 11.4. The van der Waals surface area contributed by atoms with Gasteiger partial charge in [0.2, 0.25) is 0 Å². The normalized spacial score (nSPS) is 35.0. The molecule has 0 aromatic rings. The van der Waals surface area contributed by atoms with Crippen molar-refractivity contribution < 1.29 is 4.74 Å². The molecule has 0 spiro atoms. The maximum absolute atomic E-state index is 5.63. The van der Waals surface area contributed by atoms with Gasteiger partial charge in [-0.3, -0.25) is 0 Å². The molecule has 3 unspecified atom stereocenters. The van der Waals surface area contributed by atoms with E-state index >= 15 is 0 Å². The van der Waals surface area contributed by atoms with Crippen LogP contribution in [0.5, 0.6) is 0 Å². The van der Waals surface area contributed by atoms with E-state index in [1.165, 1.54) is 44.9 Å². The molecule has 1 nitrogen and oxygen atoms in total. The van der Waals surface area contributed by atoms with Gasteiger partial charge < -0.3 is 4.74 Å². The fourth-order valence-corrected chi connectivity index (χ4v) is 3.15. The Bertz CT molecular complexity index is 209. The van der Waals surface area contributed by atoms with E-state index in [0.717, 1.165) is 5.92 Å². The lowest BCUT2D eigenvalue weighted by molar-refractivity contribution is 0.150. The third-order valence-electron chi connectivity index (χ3n) is 4.53. The van der Waals surface area contributed by atoms with Crippen LogP contribution in [0.15, 0.2) is 0 Å². The fourth-order valence-electron chi connectivity index (χ4n) is 3.15. The minimum atomic E-state index is 0.548. The molecule has 0 aromatic heterocycles. The van der Waals surface area contributed by atoms with E-state index in [4.69, 9.17) is 4.74 Å². The number of ether oxygens (including phenoxy) is 1. The summed E-state index contributed by atoms with van der Waals surface area (Å²) in [6.07, 6.45) is 10.9. The van der Waals surface area contributed by atoms with Crippen LogP contribution in [-0.4, -0.2) is 12.2 Å². The Hall–Kier alpha value is -0.0400. The summed E-state index contributed by atoms with van der Waals surface area (Å²) >= 11 is 0. The second-order valence-electron chi connectivity index (χ2n) is 6.17. The second kappa shape index (κ2) is 4.45. The average molecular weight is 210 g/mol. The Labute approximate surface area is 94.6 Å². The minimum absolute atomic E-state index is 0.548.